The van der Waals surface area contributed by atoms with E-state index in [1.807, 2.05) is 12.2 Å². The van der Waals surface area contributed by atoms with E-state index >= 15 is 0 Å². The van der Waals surface area contributed by atoms with Gasteiger partial charge in [-0.05, 0) is 24.3 Å². The first-order valence-corrected chi connectivity index (χ1v) is 10.8. The topological polar surface area (TPSA) is 86.3 Å². The van der Waals surface area contributed by atoms with Crippen LogP contribution in [0.4, 0.5) is 11.4 Å². The maximum atomic E-state index is 13.5. The van der Waals surface area contributed by atoms with Gasteiger partial charge in [0.15, 0.2) is 11.5 Å². The highest BCUT2D eigenvalue weighted by molar-refractivity contribution is 6.30. The van der Waals surface area contributed by atoms with Crippen molar-refractivity contribution in [1.82, 2.24) is 0 Å². The number of carbonyl (C=O) groups excluding carboxylic acids is 2. The first-order valence-electron chi connectivity index (χ1n) is 10.5. The molecule has 4 atom stereocenters. The average molecular weight is 471 g/mol. The van der Waals surface area contributed by atoms with Crippen molar-refractivity contribution in [2.24, 2.45) is 11.8 Å². The Morgan fingerprint density at radius 2 is 1.79 bits per heavy atom. The minimum Gasteiger partial charge on any atom is -0.493 e. The van der Waals surface area contributed by atoms with Gasteiger partial charge in [-0.15, -0.1) is 0 Å². The lowest BCUT2D eigenvalue weighted by atomic mass is 9.77. The smallest absolute Gasteiger partial charge is 0.234 e. The van der Waals surface area contributed by atoms with E-state index < -0.39 is 23.5 Å². The summed E-state index contributed by atoms with van der Waals surface area (Å²) in [5.41, 5.74) is 0.367. The molecular weight excluding hydrogens is 448 g/mol. The molecule has 1 N–H and O–H groups in total. The molecule has 0 saturated carbocycles. The summed E-state index contributed by atoms with van der Waals surface area (Å²) >= 11 is 6.00. The van der Waals surface area contributed by atoms with E-state index in [9.17, 15) is 9.59 Å². The van der Waals surface area contributed by atoms with Crippen LogP contribution in [0.1, 0.15) is 0 Å². The Labute approximate surface area is 196 Å². The molecule has 2 amide bonds. The standard InChI is InChI=1S/C24H23ClN2O6/c1-30-17-10-14(11-18(31-2)21(17)32-3)26-22(28)19-16-8-9-24(33-16)12-27(23(29)20(19)24)15-6-4-13(25)5-7-15/h4-11,16,19-20H,12H2,1-3H3,(H,26,28)/t16-,19+,20-,24-/m1/s1. The number of amides is 2. The fraction of sp³-hybridized carbons (Fsp3) is 0.333. The lowest BCUT2D eigenvalue weighted by Crippen LogP contribution is -2.41. The Bertz CT molecular complexity index is 1130. The summed E-state index contributed by atoms with van der Waals surface area (Å²) in [6, 6.07) is 10.3. The number of benzene rings is 2. The van der Waals surface area contributed by atoms with E-state index in [0.717, 1.165) is 5.69 Å². The number of halogens is 1. The molecule has 2 aromatic rings. The summed E-state index contributed by atoms with van der Waals surface area (Å²) in [5, 5.41) is 3.49. The lowest BCUT2D eigenvalue weighted by Gasteiger charge is -2.24. The summed E-state index contributed by atoms with van der Waals surface area (Å²) in [6.45, 7) is 0.346. The molecular formula is C24H23ClN2O6. The minimum absolute atomic E-state index is 0.144. The lowest BCUT2D eigenvalue weighted by molar-refractivity contribution is -0.128. The molecule has 2 bridgehead atoms. The molecule has 2 fully saturated rings. The molecule has 9 heteroatoms. The Hall–Kier alpha value is -3.23. The van der Waals surface area contributed by atoms with Crippen LogP contribution in [0.15, 0.2) is 48.6 Å². The molecule has 1 spiro atoms. The molecule has 2 saturated heterocycles. The van der Waals surface area contributed by atoms with Crippen LogP contribution in [0.5, 0.6) is 17.2 Å². The van der Waals surface area contributed by atoms with Gasteiger partial charge in [-0.3, -0.25) is 9.59 Å². The maximum Gasteiger partial charge on any atom is 0.234 e. The van der Waals surface area contributed by atoms with E-state index in [4.69, 9.17) is 30.5 Å². The zero-order chi connectivity index (χ0) is 23.3. The van der Waals surface area contributed by atoms with Crippen LogP contribution in [0, 0.1) is 11.8 Å². The van der Waals surface area contributed by atoms with Crippen molar-refractivity contribution in [3.05, 3.63) is 53.6 Å². The van der Waals surface area contributed by atoms with Gasteiger partial charge in [0, 0.05) is 28.5 Å². The first-order chi connectivity index (χ1) is 15.9. The number of rotatable bonds is 6. The largest absolute Gasteiger partial charge is 0.493 e. The Kier molecular flexibility index (Phi) is 5.22. The highest BCUT2D eigenvalue weighted by Gasteiger charge is 2.67. The Balaban J connectivity index is 1.43. The highest BCUT2D eigenvalue weighted by atomic mass is 35.5. The van der Waals surface area contributed by atoms with Crippen LogP contribution in [0.2, 0.25) is 5.02 Å². The molecule has 172 valence electrons. The molecule has 5 rings (SSSR count). The number of ether oxygens (including phenoxy) is 4. The third kappa shape index (κ3) is 3.32. The van der Waals surface area contributed by atoms with E-state index in [-0.39, 0.29) is 11.8 Å². The number of methoxy groups -OCH3 is 3. The van der Waals surface area contributed by atoms with Gasteiger partial charge in [0.25, 0.3) is 0 Å². The molecule has 0 radical (unpaired) electrons. The number of nitrogens with one attached hydrogen (secondary N) is 1. The van der Waals surface area contributed by atoms with Crippen molar-refractivity contribution >= 4 is 34.8 Å². The van der Waals surface area contributed by atoms with Gasteiger partial charge in [0.1, 0.15) is 5.60 Å². The monoisotopic (exact) mass is 470 g/mol. The van der Waals surface area contributed by atoms with Crippen molar-refractivity contribution in [2.75, 3.05) is 38.1 Å². The fourth-order valence-electron chi connectivity index (χ4n) is 5.02. The summed E-state index contributed by atoms with van der Waals surface area (Å²) in [4.78, 5) is 28.5. The number of nitrogens with zero attached hydrogens (tertiary/aromatic N) is 1. The second-order valence-corrected chi connectivity index (χ2v) is 8.64. The van der Waals surface area contributed by atoms with Gasteiger partial charge >= 0.3 is 0 Å². The summed E-state index contributed by atoms with van der Waals surface area (Å²) < 4.78 is 22.3. The molecule has 2 aromatic carbocycles. The van der Waals surface area contributed by atoms with Crippen molar-refractivity contribution in [3.63, 3.8) is 0 Å². The van der Waals surface area contributed by atoms with Crippen LogP contribution in [-0.4, -0.2) is 51.4 Å². The van der Waals surface area contributed by atoms with Crippen LogP contribution in [0.3, 0.4) is 0 Å². The average Bonchev–Trinajstić information content (AvgIpc) is 3.47. The molecule has 33 heavy (non-hydrogen) atoms. The van der Waals surface area contributed by atoms with Crippen molar-refractivity contribution in [2.45, 2.75) is 11.7 Å². The number of anilines is 2. The molecule has 8 nitrogen and oxygen atoms in total. The molecule has 3 aliphatic rings. The predicted octanol–water partition coefficient (Wildman–Crippen LogP) is 3.29. The minimum atomic E-state index is -0.821. The fourth-order valence-corrected chi connectivity index (χ4v) is 5.14. The Morgan fingerprint density at radius 3 is 2.39 bits per heavy atom. The molecule has 0 aliphatic carbocycles. The van der Waals surface area contributed by atoms with E-state index in [0.29, 0.717) is 34.5 Å². The van der Waals surface area contributed by atoms with Crippen molar-refractivity contribution in [3.8, 4) is 17.2 Å². The normalized spacial score (nSPS) is 27.0. The summed E-state index contributed by atoms with van der Waals surface area (Å²) in [6.07, 6.45) is 3.32. The molecule has 0 aromatic heterocycles. The van der Waals surface area contributed by atoms with Gasteiger partial charge < -0.3 is 29.2 Å². The van der Waals surface area contributed by atoms with Gasteiger partial charge in [-0.2, -0.15) is 0 Å². The number of carbonyl (C=O) groups is 2. The maximum absolute atomic E-state index is 13.5. The third-order valence-corrected chi connectivity index (χ3v) is 6.73. The Morgan fingerprint density at radius 1 is 1.12 bits per heavy atom. The molecule has 3 aliphatic heterocycles. The number of fused-ring (bicyclic) bond motifs is 1. The summed E-state index contributed by atoms with van der Waals surface area (Å²) in [5.74, 6) is -0.486. The predicted molar refractivity (Wildman–Crippen MR) is 122 cm³/mol. The van der Waals surface area contributed by atoms with Gasteiger partial charge in [-0.25, -0.2) is 0 Å². The van der Waals surface area contributed by atoms with Gasteiger partial charge in [0.2, 0.25) is 17.6 Å². The quantitative estimate of drug-likeness (QED) is 0.652. The zero-order valence-corrected chi connectivity index (χ0v) is 19.1. The summed E-state index contributed by atoms with van der Waals surface area (Å²) in [7, 11) is 4.52. The van der Waals surface area contributed by atoms with E-state index in [2.05, 4.69) is 5.32 Å². The third-order valence-electron chi connectivity index (χ3n) is 6.47. The van der Waals surface area contributed by atoms with Crippen LogP contribution >= 0.6 is 11.6 Å². The van der Waals surface area contributed by atoms with E-state index in [1.165, 1.54) is 21.3 Å². The van der Waals surface area contributed by atoms with Crippen LogP contribution in [-0.2, 0) is 14.3 Å². The second kappa shape index (κ2) is 7.97. The van der Waals surface area contributed by atoms with Gasteiger partial charge in [-0.1, -0.05) is 23.8 Å². The number of hydrogen-bond acceptors (Lipinski definition) is 6. The van der Waals surface area contributed by atoms with Gasteiger partial charge in [0.05, 0.1) is 45.8 Å². The molecule has 3 heterocycles. The van der Waals surface area contributed by atoms with Crippen LogP contribution in [0.25, 0.3) is 0 Å². The van der Waals surface area contributed by atoms with Crippen LogP contribution < -0.4 is 24.4 Å². The highest BCUT2D eigenvalue weighted by Crippen LogP contribution is 2.53. The second-order valence-electron chi connectivity index (χ2n) is 8.20. The zero-order valence-electron chi connectivity index (χ0n) is 18.3. The van der Waals surface area contributed by atoms with Crippen molar-refractivity contribution < 1.29 is 28.5 Å². The first kappa shape index (κ1) is 21.6. The SMILES string of the molecule is COc1cc(NC(=O)[C@H]2[C@H]3C=C[C@]4(CN(c5ccc(Cl)cc5)C(=O)[C@@H]24)O3)cc(OC)c1OC. The number of hydrogen-bond donors (Lipinski definition) is 1. The molecule has 0 unspecified atom stereocenters. The van der Waals surface area contributed by atoms with E-state index in [1.54, 1.807) is 41.3 Å². The van der Waals surface area contributed by atoms with Crippen molar-refractivity contribution in [1.29, 1.82) is 0 Å².